The molecule has 7 aromatic heterocycles. The molecule has 0 spiro atoms. The van der Waals surface area contributed by atoms with Crippen molar-refractivity contribution in [2.24, 2.45) is 0 Å². The minimum absolute atomic E-state index is 0.0842. The highest BCUT2D eigenvalue weighted by atomic mass is 32.1. The molecule has 20 aromatic rings. The van der Waals surface area contributed by atoms with E-state index in [2.05, 4.69) is 290 Å². The molecule has 0 atom stereocenters. The topological polar surface area (TPSA) is 62.2 Å². The average Bonchev–Trinajstić information content (AvgIpc) is 1.56. The highest BCUT2D eigenvalue weighted by Crippen LogP contribution is 2.54. The Morgan fingerprint density at radius 3 is 1.76 bits per heavy atom. The Morgan fingerprint density at radius 1 is 0.312 bits per heavy atom. The van der Waals surface area contributed by atoms with Crippen LogP contribution in [0, 0.1) is 0 Å². The summed E-state index contributed by atoms with van der Waals surface area (Å²) in [4.78, 5) is 5.07. The highest BCUT2D eigenvalue weighted by Gasteiger charge is 2.38. The lowest BCUT2D eigenvalue weighted by atomic mass is 9.82. The Hall–Kier alpha value is -11.8. The van der Waals surface area contributed by atoms with Gasteiger partial charge in [-0.05, 0) is 107 Å². The molecule has 0 amide bonds. The van der Waals surface area contributed by atoms with Gasteiger partial charge >= 0.3 is 0 Å². The lowest BCUT2D eigenvalue weighted by Gasteiger charge is -2.21. The predicted molar refractivity (Wildman–Crippen MR) is 388 cm³/mol. The first-order valence-corrected chi connectivity index (χ1v) is 32.6. The van der Waals surface area contributed by atoms with E-state index < -0.39 is 0 Å². The fourth-order valence-electron chi connectivity index (χ4n) is 15.5. The second-order valence-corrected chi connectivity index (χ2v) is 26.3. The molecule has 0 fully saturated rings. The fraction of sp³-hybridized carbons (Fsp3) is 0.0349. The van der Waals surface area contributed by atoms with Crippen LogP contribution in [0.25, 0.3) is 186 Å². The van der Waals surface area contributed by atoms with Crippen LogP contribution in [0.3, 0.4) is 0 Å². The van der Waals surface area contributed by atoms with E-state index >= 15 is 0 Å². The molecule has 6 nitrogen and oxygen atoms in total. The molecule has 0 saturated carbocycles. The molecule has 93 heavy (non-hydrogen) atoms. The zero-order valence-corrected chi connectivity index (χ0v) is 51.4. The van der Waals surface area contributed by atoms with Crippen LogP contribution in [-0.4, -0.2) is 14.1 Å². The Balaban J connectivity index is 0.000000129. The number of pyridine rings is 1. The van der Waals surface area contributed by atoms with Crippen molar-refractivity contribution in [3.8, 4) is 56.1 Å². The van der Waals surface area contributed by atoms with Crippen LogP contribution >= 0.6 is 11.3 Å². The molecule has 0 bridgehead atoms. The second-order valence-electron chi connectivity index (χ2n) is 25.2. The predicted octanol–water partition coefficient (Wildman–Crippen LogP) is 24.3. The summed E-state index contributed by atoms with van der Waals surface area (Å²) in [5.41, 5.74) is 23.7. The summed E-state index contributed by atoms with van der Waals surface area (Å²) in [6, 6.07) is 102. The number of rotatable bonds is 5. The van der Waals surface area contributed by atoms with Crippen molar-refractivity contribution < 1.29 is 13.3 Å². The molecule has 0 aliphatic heterocycles. The molecule has 0 N–H and O–H groups in total. The number of para-hydroxylation sites is 5. The van der Waals surface area contributed by atoms with Crippen LogP contribution in [-0.2, 0) is 5.41 Å². The third-order valence-electron chi connectivity index (χ3n) is 19.8. The number of hydrogen-bond acceptors (Lipinski definition) is 5. The first-order valence-electron chi connectivity index (χ1n) is 31.7. The van der Waals surface area contributed by atoms with Crippen LogP contribution < -0.4 is 0 Å². The van der Waals surface area contributed by atoms with E-state index in [1.54, 1.807) is 0 Å². The van der Waals surface area contributed by atoms with Gasteiger partial charge in [0.2, 0.25) is 0 Å². The SMILES string of the molecule is CC1(C)c2ccccc2-c2c1ccc1c2oc2cccc(-n3c4ccccc4c4cc(-c5cccc6c5oc5ccccc56)ccc43)c21.c1ccc(-c2cccc(-c3ccc4c5ccccc5n(-c5cccc6c5oc5cc7sc8ccccc8c7cc56)c4c3)n2)cc1. The van der Waals surface area contributed by atoms with Gasteiger partial charge in [-0.15, -0.1) is 11.3 Å². The van der Waals surface area contributed by atoms with Gasteiger partial charge in [-0.2, -0.15) is 0 Å². The van der Waals surface area contributed by atoms with Crippen molar-refractivity contribution in [2.45, 2.75) is 19.3 Å². The molecule has 21 rings (SSSR count). The van der Waals surface area contributed by atoms with Crippen molar-refractivity contribution in [1.82, 2.24) is 14.1 Å². The number of furan rings is 3. The number of thiophene rings is 1. The summed E-state index contributed by atoms with van der Waals surface area (Å²) in [6.07, 6.45) is 0. The van der Waals surface area contributed by atoms with Gasteiger partial charge in [-0.1, -0.05) is 214 Å². The summed E-state index contributed by atoms with van der Waals surface area (Å²) in [7, 11) is 0. The van der Waals surface area contributed by atoms with E-state index in [1.165, 1.54) is 69.5 Å². The minimum Gasteiger partial charge on any atom is -0.455 e. The lowest BCUT2D eigenvalue weighted by molar-refractivity contribution is 0.653. The largest absolute Gasteiger partial charge is 0.455 e. The average molecular weight is 1210 g/mol. The highest BCUT2D eigenvalue weighted by molar-refractivity contribution is 7.25. The van der Waals surface area contributed by atoms with E-state index in [0.29, 0.717) is 0 Å². The number of hydrogen-bond donors (Lipinski definition) is 0. The maximum absolute atomic E-state index is 6.83. The van der Waals surface area contributed by atoms with Crippen molar-refractivity contribution in [3.05, 3.63) is 296 Å². The smallest absolute Gasteiger partial charge is 0.159 e. The van der Waals surface area contributed by atoms with Gasteiger partial charge < -0.3 is 22.4 Å². The van der Waals surface area contributed by atoms with Gasteiger partial charge in [0.1, 0.15) is 27.9 Å². The second kappa shape index (κ2) is 19.6. The third kappa shape index (κ3) is 7.60. The zero-order valence-electron chi connectivity index (χ0n) is 50.6. The molecule has 13 aromatic carbocycles. The molecule has 1 aliphatic rings. The number of nitrogens with zero attached hydrogens (tertiary/aromatic N) is 3. The molecule has 7 heteroatoms. The van der Waals surface area contributed by atoms with Crippen LogP contribution in [0.1, 0.15) is 25.0 Å². The molecular weight excluding hydrogens is 1160 g/mol. The molecule has 1 aliphatic carbocycles. The quantitative estimate of drug-likeness (QED) is 0.172. The number of aromatic nitrogens is 3. The van der Waals surface area contributed by atoms with Crippen LogP contribution in [0.15, 0.2) is 298 Å². The molecule has 0 saturated heterocycles. The first kappa shape index (κ1) is 52.0. The van der Waals surface area contributed by atoms with Gasteiger partial charge in [0, 0.05) is 96.3 Å². The Bertz CT molecular complexity index is 6540. The van der Waals surface area contributed by atoms with E-state index in [0.717, 1.165) is 127 Å². The monoisotopic (exact) mass is 1210 g/mol. The van der Waals surface area contributed by atoms with Crippen LogP contribution in [0.5, 0.6) is 0 Å². The summed E-state index contributed by atoms with van der Waals surface area (Å²) in [6.45, 7) is 4.64. The summed E-state index contributed by atoms with van der Waals surface area (Å²) in [5.74, 6) is 0. The van der Waals surface area contributed by atoms with E-state index in [9.17, 15) is 0 Å². The van der Waals surface area contributed by atoms with E-state index in [1.807, 2.05) is 29.5 Å². The molecule has 0 radical (unpaired) electrons. The van der Waals surface area contributed by atoms with Gasteiger partial charge in [0.25, 0.3) is 0 Å². The molecule has 0 unspecified atom stereocenters. The Labute approximate surface area is 536 Å². The Kier molecular flexibility index (Phi) is 11.0. The summed E-state index contributed by atoms with van der Waals surface area (Å²) < 4.78 is 27.4. The number of benzene rings is 13. The minimum atomic E-state index is -0.0842. The summed E-state index contributed by atoms with van der Waals surface area (Å²) in [5, 5.41) is 14.2. The fourth-order valence-corrected chi connectivity index (χ4v) is 16.7. The molecule has 436 valence electrons. The van der Waals surface area contributed by atoms with Crippen molar-refractivity contribution >= 4 is 141 Å². The maximum atomic E-state index is 6.83. The third-order valence-corrected chi connectivity index (χ3v) is 21.0. The van der Waals surface area contributed by atoms with Crippen LogP contribution in [0.4, 0.5) is 0 Å². The van der Waals surface area contributed by atoms with Crippen molar-refractivity contribution in [1.29, 1.82) is 0 Å². The van der Waals surface area contributed by atoms with Gasteiger partial charge in [-0.3, -0.25) is 0 Å². The standard InChI is InChI=1S/C45H29NO2.C41H24N2OS/c1-45(2)34-16-6-3-13-31(34)41-35(45)23-22-32-42-38(18-10-20-40(42)48-44(32)41)46-36-17-7-4-11-28(36)33-25-26(21-24-37(33)46)27-14-9-15-30-29-12-5-8-19-39(29)47-43(27)30;1-2-10-25(11-3-1)33-15-9-16-34(42-33)26-20-21-28-27-12-4-6-17-35(27)43(37(28)22-26)36-18-8-14-30-31-23-32-29-13-5-7-19-39(29)45-40(32)24-38(31)44-41(30)36/h3-25H,1-2H3;1-24H. The first-order chi connectivity index (χ1) is 45.9. The summed E-state index contributed by atoms with van der Waals surface area (Å²) >= 11 is 1.82. The number of fused-ring (bicyclic) bond motifs is 22. The van der Waals surface area contributed by atoms with Gasteiger partial charge in [0.05, 0.1) is 50.2 Å². The van der Waals surface area contributed by atoms with Gasteiger partial charge in [-0.25, -0.2) is 4.98 Å². The lowest BCUT2D eigenvalue weighted by Crippen LogP contribution is -2.14. The van der Waals surface area contributed by atoms with Crippen LogP contribution in [0.2, 0.25) is 0 Å². The van der Waals surface area contributed by atoms with E-state index in [4.69, 9.17) is 18.2 Å². The van der Waals surface area contributed by atoms with Crippen molar-refractivity contribution in [3.63, 3.8) is 0 Å². The Morgan fingerprint density at radius 2 is 0.903 bits per heavy atom. The molecular formula is C86H53N3O3S. The normalized spacial score (nSPS) is 12.9. The zero-order chi connectivity index (χ0) is 61.2. The molecule has 7 heterocycles. The van der Waals surface area contributed by atoms with Crippen molar-refractivity contribution in [2.75, 3.05) is 0 Å². The van der Waals surface area contributed by atoms with Gasteiger partial charge in [0.15, 0.2) is 5.58 Å². The van der Waals surface area contributed by atoms with E-state index in [-0.39, 0.29) is 5.41 Å². The maximum Gasteiger partial charge on any atom is 0.159 e.